The molecule has 1 N–H and O–H groups in total. The summed E-state index contributed by atoms with van der Waals surface area (Å²) in [6.07, 6.45) is -1.02. The predicted octanol–water partition coefficient (Wildman–Crippen LogP) is 2.12. The lowest BCUT2D eigenvalue weighted by Gasteiger charge is -2.28. The summed E-state index contributed by atoms with van der Waals surface area (Å²) in [5.41, 5.74) is -0.639. The molecule has 1 aliphatic heterocycles. The molecule has 1 aliphatic rings. The van der Waals surface area contributed by atoms with E-state index in [1.807, 2.05) is 0 Å². The molecule has 26 heavy (non-hydrogen) atoms. The van der Waals surface area contributed by atoms with E-state index in [0.717, 1.165) is 0 Å². The number of nitro benzene ring substituents is 1. The van der Waals surface area contributed by atoms with Crippen LogP contribution >= 0.6 is 0 Å². The van der Waals surface area contributed by atoms with E-state index < -0.39 is 34.7 Å². The van der Waals surface area contributed by atoms with Crippen LogP contribution in [0.1, 0.15) is 37.6 Å². The smallest absolute Gasteiger partial charge is 0.410 e. The number of ether oxygens (including phenoxy) is 2. The molecule has 1 amide bonds. The van der Waals surface area contributed by atoms with Gasteiger partial charge in [0.1, 0.15) is 12.2 Å². The number of hydrogen-bond donors (Lipinski definition) is 1. The molecule has 0 bridgehead atoms. The molecule has 0 unspecified atom stereocenters. The Kier molecular flexibility index (Phi) is 5.81. The number of esters is 1. The number of non-ortho nitro benzene ring substituents is 1. The van der Waals surface area contributed by atoms with E-state index in [2.05, 4.69) is 0 Å². The molecule has 9 nitrogen and oxygen atoms in total. The van der Waals surface area contributed by atoms with E-state index in [1.165, 1.54) is 29.2 Å². The number of carbonyl (C=O) groups is 2. The molecule has 0 spiro atoms. The van der Waals surface area contributed by atoms with Gasteiger partial charge in [0.15, 0.2) is 0 Å². The summed E-state index contributed by atoms with van der Waals surface area (Å²) in [5, 5.41) is 20.5. The van der Waals surface area contributed by atoms with Crippen LogP contribution in [0, 0.1) is 10.1 Å². The second kappa shape index (κ2) is 7.69. The summed E-state index contributed by atoms with van der Waals surface area (Å²) in [4.78, 5) is 35.7. The topological polar surface area (TPSA) is 119 Å². The second-order valence-corrected chi connectivity index (χ2v) is 7.08. The molecule has 1 saturated heterocycles. The highest BCUT2D eigenvalue weighted by molar-refractivity contribution is 5.89. The van der Waals surface area contributed by atoms with Crippen LogP contribution in [0.5, 0.6) is 0 Å². The average Bonchev–Trinajstić information content (AvgIpc) is 2.92. The third-order valence-corrected chi connectivity index (χ3v) is 3.74. The number of aliphatic hydroxyl groups is 1. The third-order valence-electron chi connectivity index (χ3n) is 3.74. The molecule has 0 radical (unpaired) electrons. The molecule has 9 heteroatoms. The summed E-state index contributed by atoms with van der Waals surface area (Å²) < 4.78 is 10.5. The molecule has 2 rings (SSSR count). The normalized spacial score (nSPS) is 19.9. The fourth-order valence-electron chi connectivity index (χ4n) is 2.57. The lowest BCUT2D eigenvalue weighted by atomic mass is 10.2. The number of likely N-dealkylation sites (tertiary alicyclic amines) is 1. The minimum atomic E-state index is -0.717. The van der Waals surface area contributed by atoms with Gasteiger partial charge in [0.25, 0.3) is 5.69 Å². The van der Waals surface area contributed by atoms with Crippen LogP contribution in [0.2, 0.25) is 0 Å². The first-order valence-corrected chi connectivity index (χ1v) is 8.16. The Balaban J connectivity index is 1.96. The quantitative estimate of drug-likeness (QED) is 0.492. The first kappa shape index (κ1) is 19.6. The maximum Gasteiger partial charge on any atom is 0.410 e. The highest BCUT2D eigenvalue weighted by Gasteiger charge is 2.37. The summed E-state index contributed by atoms with van der Waals surface area (Å²) in [6.45, 7) is 5.21. The number of hydrogen-bond acceptors (Lipinski definition) is 7. The Bertz CT molecular complexity index is 681. The molecule has 142 valence electrons. The Labute approximate surface area is 150 Å². The average molecular weight is 366 g/mol. The zero-order valence-corrected chi connectivity index (χ0v) is 14.9. The Hall–Kier alpha value is -2.68. The van der Waals surface area contributed by atoms with E-state index in [4.69, 9.17) is 9.47 Å². The van der Waals surface area contributed by atoms with E-state index in [-0.39, 0.29) is 30.8 Å². The van der Waals surface area contributed by atoms with E-state index >= 15 is 0 Å². The molecule has 1 heterocycles. The van der Waals surface area contributed by atoms with Crippen LogP contribution < -0.4 is 0 Å². The number of nitrogens with zero attached hydrogens (tertiary/aromatic N) is 2. The third kappa shape index (κ3) is 5.16. The molecule has 1 aromatic rings. The Morgan fingerprint density at radius 3 is 2.46 bits per heavy atom. The van der Waals surface area contributed by atoms with Crippen molar-refractivity contribution in [1.29, 1.82) is 0 Å². The highest BCUT2D eigenvalue weighted by Crippen LogP contribution is 2.22. The molecule has 1 aromatic carbocycles. The van der Waals surface area contributed by atoms with Gasteiger partial charge in [0.2, 0.25) is 0 Å². The SMILES string of the molecule is CC(C)(C)OC(=O)N1C[C@H](O)C[C@H]1COC(=O)c1ccc([N+](=O)[O-])cc1. The van der Waals surface area contributed by atoms with Crippen molar-refractivity contribution >= 4 is 17.7 Å². The Morgan fingerprint density at radius 1 is 1.31 bits per heavy atom. The van der Waals surface area contributed by atoms with Crippen molar-refractivity contribution < 1.29 is 29.1 Å². The Morgan fingerprint density at radius 2 is 1.92 bits per heavy atom. The minimum Gasteiger partial charge on any atom is -0.460 e. The van der Waals surface area contributed by atoms with Crippen molar-refractivity contribution in [3.05, 3.63) is 39.9 Å². The molecule has 1 fully saturated rings. The van der Waals surface area contributed by atoms with Crippen molar-refractivity contribution in [1.82, 2.24) is 4.90 Å². The van der Waals surface area contributed by atoms with Gasteiger partial charge in [-0.25, -0.2) is 9.59 Å². The van der Waals surface area contributed by atoms with Gasteiger partial charge in [-0.2, -0.15) is 0 Å². The van der Waals surface area contributed by atoms with Gasteiger partial charge in [-0.15, -0.1) is 0 Å². The minimum absolute atomic E-state index is 0.105. The fourth-order valence-corrected chi connectivity index (χ4v) is 2.57. The van der Waals surface area contributed by atoms with Gasteiger partial charge in [0.05, 0.1) is 29.2 Å². The first-order chi connectivity index (χ1) is 12.1. The summed E-state index contributed by atoms with van der Waals surface area (Å²) in [6, 6.07) is 4.53. The van der Waals surface area contributed by atoms with Crippen molar-refractivity contribution in [3.63, 3.8) is 0 Å². The van der Waals surface area contributed by atoms with E-state index in [9.17, 15) is 24.8 Å². The number of aliphatic hydroxyl groups excluding tert-OH is 1. The number of nitro groups is 1. The van der Waals surface area contributed by atoms with Crippen LogP contribution in [0.4, 0.5) is 10.5 Å². The van der Waals surface area contributed by atoms with Crippen LogP contribution in [0.25, 0.3) is 0 Å². The zero-order valence-electron chi connectivity index (χ0n) is 14.9. The number of amides is 1. The number of benzene rings is 1. The van der Waals surface area contributed by atoms with Gasteiger partial charge in [-0.05, 0) is 39.3 Å². The van der Waals surface area contributed by atoms with Crippen LogP contribution in [-0.2, 0) is 9.47 Å². The second-order valence-electron chi connectivity index (χ2n) is 7.08. The van der Waals surface area contributed by atoms with Crippen molar-refractivity contribution in [2.75, 3.05) is 13.2 Å². The van der Waals surface area contributed by atoms with Gasteiger partial charge < -0.3 is 14.6 Å². The van der Waals surface area contributed by atoms with Gasteiger partial charge in [-0.1, -0.05) is 0 Å². The van der Waals surface area contributed by atoms with E-state index in [0.29, 0.717) is 0 Å². The largest absolute Gasteiger partial charge is 0.460 e. The molecule has 0 saturated carbocycles. The van der Waals surface area contributed by atoms with E-state index in [1.54, 1.807) is 20.8 Å². The van der Waals surface area contributed by atoms with Crippen LogP contribution in [0.15, 0.2) is 24.3 Å². The van der Waals surface area contributed by atoms with Crippen LogP contribution in [0.3, 0.4) is 0 Å². The monoisotopic (exact) mass is 366 g/mol. The molecule has 2 atom stereocenters. The lowest BCUT2D eigenvalue weighted by molar-refractivity contribution is -0.384. The maximum absolute atomic E-state index is 12.2. The predicted molar refractivity (Wildman–Crippen MR) is 90.7 cm³/mol. The van der Waals surface area contributed by atoms with Crippen LogP contribution in [-0.4, -0.2) is 57.9 Å². The standard InChI is InChI=1S/C17H22N2O7/c1-17(2,3)26-16(22)18-9-14(20)8-13(18)10-25-15(21)11-4-6-12(7-5-11)19(23)24/h4-7,13-14,20H,8-10H2,1-3H3/t13-,14+/m0/s1. The van der Waals surface area contributed by atoms with Crippen molar-refractivity contribution in [3.8, 4) is 0 Å². The van der Waals surface area contributed by atoms with Gasteiger partial charge in [0, 0.05) is 12.1 Å². The van der Waals surface area contributed by atoms with Crippen molar-refractivity contribution in [2.45, 2.75) is 44.9 Å². The molecule has 0 aromatic heterocycles. The maximum atomic E-state index is 12.2. The first-order valence-electron chi connectivity index (χ1n) is 8.16. The zero-order chi connectivity index (χ0) is 19.5. The number of β-amino-alcohol motifs (C(OH)–C–C–N with tert-alkyl or cyclic N) is 1. The van der Waals surface area contributed by atoms with Gasteiger partial charge >= 0.3 is 12.1 Å². The lowest BCUT2D eigenvalue weighted by Crippen LogP contribution is -2.42. The van der Waals surface area contributed by atoms with Gasteiger partial charge in [-0.3, -0.25) is 15.0 Å². The summed E-state index contributed by atoms with van der Waals surface area (Å²) in [5.74, 6) is -0.662. The number of carbonyl (C=O) groups excluding carboxylic acids is 2. The highest BCUT2D eigenvalue weighted by atomic mass is 16.6. The molecular formula is C17H22N2O7. The fraction of sp³-hybridized carbons (Fsp3) is 0.529. The summed E-state index contributed by atoms with van der Waals surface area (Å²) in [7, 11) is 0. The summed E-state index contributed by atoms with van der Waals surface area (Å²) >= 11 is 0. The van der Waals surface area contributed by atoms with Crippen molar-refractivity contribution in [2.24, 2.45) is 0 Å². The molecular weight excluding hydrogens is 344 g/mol. The number of rotatable bonds is 4. The molecule has 0 aliphatic carbocycles.